The molecule has 1 atom stereocenters. The van der Waals surface area contributed by atoms with Gasteiger partial charge in [-0.2, -0.15) is 0 Å². The van der Waals surface area contributed by atoms with Crippen LogP contribution in [0.25, 0.3) is 0 Å². The lowest BCUT2D eigenvalue weighted by molar-refractivity contribution is 0.625. The minimum atomic E-state index is -0.225. The van der Waals surface area contributed by atoms with Gasteiger partial charge in [0.05, 0.1) is 0 Å². The van der Waals surface area contributed by atoms with E-state index >= 15 is 0 Å². The third-order valence-electron chi connectivity index (χ3n) is 2.68. The molecule has 0 radical (unpaired) electrons. The molecule has 0 aliphatic carbocycles. The van der Waals surface area contributed by atoms with Gasteiger partial charge in [0.2, 0.25) is 0 Å². The van der Waals surface area contributed by atoms with E-state index < -0.39 is 0 Å². The average molecular weight is 373 g/mol. The largest absolute Gasteiger partial charge is 0.324 e. The van der Waals surface area contributed by atoms with Gasteiger partial charge in [0.25, 0.3) is 0 Å². The highest BCUT2D eigenvalue weighted by molar-refractivity contribution is 9.11. The van der Waals surface area contributed by atoms with Gasteiger partial charge in [-0.05, 0) is 47.9 Å². The molecule has 0 saturated carbocycles. The Morgan fingerprint density at radius 3 is 2.11 bits per heavy atom. The highest BCUT2D eigenvalue weighted by Crippen LogP contribution is 2.25. The van der Waals surface area contributed by atoms with E-state index in [1.807, 2.05) is 18.2 Å². The molecule has 94 valence electrons. The van der Waals surface area contributed by atoms with Gasteiger partial charge in [-0.3, -0.25) is 0 Å². The molecule has 0 bridgehead atoms. The molecule has 2 N–H and O–H groups in total. The van der Waals surface area contributed by atoms with Crippen molar-refractivity contribution in [3.63, 3.8) is 0 Å². The quantitative estimate of drug-likeness (QED) is 0.837. The molecule has 1 unspecified atom stereocenters. The smallest absolute Gasteiger partial charge is 0.123 e. The average Bonchev–Trinajstić information content (AvgIpc) is 2.31. The van der Waals surface area contributed by atoms with Crippen LogP contribution in [0.1, 0.15) is 17.2 Å². The van der Waals surface area contributed by atoms with Gasteiger partial charge in [-0.1, -0.05) is 44.0 Å². The first-order valence-electron chi connectivity index (χ1n) is 5.50. The molecule has 2 aromatic rings. The Balaban J connectivity index is 2.16. The Morgan fingerprint density at radius 1 is 1.00 bits per heavy atom. The predicted molar refractivity (Wildman–Crippen MR) is 78.9 cm³/mol. The summed E-state index contributed by atoms with van der Waals surface area (Å²) in [5.41, 5.74) is 8.24. The van der Waals surface area contributed by atoms with E-state index in [-0.39, 0.29) is 11.9 Å². The normalized spacial score (nSPS) is 12.4. The topological polar surface area (TPSA) is 26.0 Å². The van der Waals surface area contributed by atoms with Gasteiger partial charge in [-0.25, -0.2) is 4.39 Å². The number of halogens is 3. The molecule has 0 aliphatic rings. The van der Waals surface area contributed by atoms with Gasteiger partial charge in [0, 0.05) is 15.0 Å². The van der Waals surface area contributed by atoms with Crippen LogP contribution in [-0.4, -0.2) is 0 Å². The zero-order chi connectivity index (χ0) is 13.1. The SMILES string of the molecule is NC(Cc1ccc(F)cc1)c1cc(Br)cc(Br)c1. The standard InChI is InChI=1S/C14H12Br2FN/c15-11-6-10(7-12(16)8-11)14(18)5-9-1-3-13(17)4-2-9/h1-4,6-8,14H,5,18H2. The van der Waals surface area contributed by atoms with Crippen LogP contribution < -0.4 is 5.73 Å². The molecule has 0 aromatic heterocycles. The summed E-state index contributed by atoms with van der Waals surface area (Å²) >= 11 is 6.88. The monoisotopic (exact) mass is 371 g/mol. The van der Waals surface area contributed by atoms with E-state index in [2.05, 4.69) is 31.9 Å². The first kappa shape index (κ1) is 13.7. The molecule has 4 heteroatoms. The van der Waals surface area contributed by atoms with Crippen molar-refractivity contribution in [1.29, 1.82) is 0 Å². The fourth-order valence-electron chi connectivity index (χ4n) is 1.78. The minimum absolute atomic E-state index is 0.107. The maximum Gasteiger partial charge on any atom is 0.123 e. The molecular formula is C14H12Br2FN. The van der Waals surface area contributed by atoms with E-state index in [0.29, 0.717) is 6.42 Å². The lowest BCUT2D eigenvalue weighted by Crippen LogP contribution is -2.13. The third-order valence-corrected chi connectivity index (χ3v) is 3.60. The number of hydrogen-bond acceptors (Lipinski definition) is 1. The van der Waals surface area contributed by atoms with Crippen molar-refractivity contribution in [2.45, 2.75) is 12.5 Å². The Hall–Kier alpha value is -0.710. The molecule has 2 rings (SSSR count). The molecule has 0 aliphatic heterocycles. The second-order valence-corrected chi connectivity index (χ2v) is 5.97. The van der Waals surface area contributed by atoms with Gasteiger partial charge in [0.1, 0.15) is 5.82 Å². The maximum absolute atomic E-state index is 12.8. The molecule has 0 amide bonds. The summed E-state index contributed by atoms with van der Waals surface area (Å²) in [5, 5.41) is 0. The molecule has 18 heavy (non-hydrogen) atoms. The number of hydrogen-bond donors (Lipinski definition) is 1. The Bertz CT molecular complexity index is 520. The Kier molecular flexibility index (Phi) is 4.54. The molecule has 2 aromatic carbocycles. The van der Waals surface area contributed by atoms with E-state index in [0.717, 1.165) is 20.1 Å². The fourth-order valence-corrected chi connectivity index (χ4v) is 3.11. The molecular weight excluding hydrogens is 361 g/mol. The summed E-state index contributed by atoms with van der Waals surface area (Å²) in [6.07, 6.45) is 0.684. The summed E-state index contributed by atoms with van der Waals surface area (Å²) in [6, 6.07) is 12.3. The zero-order valence-corrected chi connectivity index (χ0v) is 12.7. The van der Waals surface area contributed by atoms with E-state index in [1.165, 1.54) is 12.1 Å². The van der Waals surface area contributed by atoms with Crippen LogP contribution in [0.3, 0.4) is 0 Å². The molecule has 0 spiro atoms. The fraction of sp³-hybridized carbons (Fsp3) is 0.143. The van der Waals surface area contributed by atoms with Gasteiger partial charge >= 0.3 is 0 Å². The van der Waals surface area contributed by atoms with Crippen LogP contribution in [0, 0.1) is 5.82 Å². The Morgan fingerprint density at radius 2 is 1.56 bits per heavy atom. The first-order chi connectivity index (χ1) is 8.54. The Labute approximate surface area is 122 Å². The highest BCUT2D eigenvalue weighted by Gasteiger charge is 2.09. The second kappa shape index (κ2) is 5.95. The number of benzene rings is 2. The summed E-state index contributed by atoms with van der Waals surface area (Å²) in [5.74, 6) is -0.225. The summed E-state index contributed by atoms with van der Waals surface area (Å²) in [6.45, 7) is 0. The highest BCUT2D eigenvalue weighted by atomic mass is 79.9. The second-order valence-electron chi connectivity index (χ2n) is 4.14. The predicted octanol–water partition coefficient (Wildman–Crippen LogP) is 4.59. The third kappa shape index (κ3) is 3.64. The number of nitrogens with two attached hydrogens (primary N) is 1. The van der Waals surface area contributed by atoms with Crippen molar-refractivity contribution < 1.29 is 4.39 Å². The molecule has 0 heterocycles. The first-order valence-corrected chi connectivity index (χ1v) is 7.09. The van der Waals surface area contributed by atoms with Gasteiger partial charge in [0.15, 0.2) is 0 Å². The minimum Gasteiger partial charge on any atom is -0.324 e. The van der Waals surface area contributed by atoms with Crippen molar-refractivity contribution in [1.82, 2.24) is 0 Å². The molecule has 0 fully saturated rings. The van der Waals surface area contributed by atoms with Crippen molar-refractivity contribution in [2.75, 3.05) is 0 Å². The summed E-state index contributed by atoms with van der Waals surface area (Å²) in [7, 11) is 0. The molecule has 0 saturated heterocycles. The number of rotatable bonds is 3. The van der Waals surface area contributed by atoms with Crippen molar-refractivity contribution in [2.24, 2.45) is 5.73 Å². The summed E-state index contributed by atoms with van der Waals surface area (Å²) < 4.78 is 14.8. The van der Waals surface area contributed by atoms with Crippen LogP contribution >= 0.6 is 31.9 Å². The zero-order valence-electron chi connectivity index (χ0n) is 9.54. The van der Waals surface area contributed by atoms with Crippen molar-refractivity contribution >= 4 is 31.9 Å². The van der Waals surface area contributed by atoms with Crippen LogP contribution in [0.2, 0.25) is 0 Å². The van der Waals surface area contributed by atoms with Crippen LogP contribution in [0.15, 0.2) is 51.4 Å². The van der Waals surface area contributed by atoms with Crippen molar-refractivity contribution in [3.05, 3.63) is 68.4 Å². The van der Waals surface area contributed by atoms with Gasteiger partial charge < -0.3 is 5.73 Å². The van der Waals surface area contributed by atoms with E-state index in [1.54, 1.807) is 12.1 Å². The van der Waals surface area contributed by atoms with Gasteiger partial charge in [-0.15, -0.1) is 0 Å². The van der Waals surface area contributed by atoms with Crippen LogP contribution in [-0.2, 0) is 6.42 Å². The lowest BCUT2D eigenvalue weighted by atomic mass is 10.00. The van der Waals surface area contributed by atoms with Crippen LogP contribution in [0.5, 0.6) is 0 Å². The summed E-state index contributed by atoms with van der Waals surface area (Å²) in [4.78, 5) is 0. The van der Waals surface area contributed by atoms with E-state index in [9.17, 15) is 4.39 Å². The van der Waals surface area contributed by atoms with Crippen molar-refractivity contribution in [3.8, 4) is 0 Å². The van der Waals surface area contributed by atoms with E-state index in [4.69, 9.17) is 5.73 Å². The maximum atomic E-state index is 12.8. The van der Waals surface area contributed by atoms with Crippen LogP contribution in [0.4, 0.5) is 4.39 Å². The lowest BCUT2D eigenvalue weighted by Gasteiger charge is -2.13. The molecule has 1 nitrogen and oxygen atoms in total.